The van der Waals surface area contributed by atoms with Crippen LogP contribution in [0.15, 0.2) is 71.9 Å². The van der Waals surface area contributed by atoms with Crippen LogP contribution in [0.5, 0.6) is 0 Å². The van der Waals surface area contributed by atoms with Gasteiger partial charge in [0.1, 0.15) is 0 Å². The van der Waals surface area contributed by atoms with E-state index in [2.05, 4.69) is 52.3 Å². The van der Waals surface area contributed by atoms with Crippen molar-refractivity contribution in [3.63, 3.8) is 0 Å². The van der Waals surface area contributed by atoms with Gasteiger partial charge in [-0.3, -0.25) is 0 Å². The number of aliphatic hydroxyl groups excluding tert-OH is 1. The number of thioether (sulfide) groups is 1. The van der Waals surface area contributed by atoms with Crippen molar-refractivity contribution in [2.24, 2.45) is 0 Å². The van der Waals surface area contributed by atoms with E-state index in [9.17, 15) is 5.11 Å². The van der Waals surface area contributed by atoms with Gasteiger partial charge in [0.15, 0.2) is 0 Å². The third-order valence-electron chi connectivity index (χ3n) is 5.04. The zero-order valence-electron chi connectivity index (χ0n) is 15.6. The first-order chi connectivity index (χ1) is 13.7. The van der Waals surface area contributed by atoms with E-state index in [0.29, 0.717) is 10.3 Å². The second-order valence-electron chi connectivity index (χ2n) is 7.07. The molecule has 2 heterocycles. The second-order valence-corrected chi connectivity index (χ2v) is 8.83. The van der Waals surface area contributed by atoms with Crippen LogP contribution in [0, 0.1) is 0 Å². The number of nitrogens with zero attached hydrogens (tertiary/aromatic N) is 2. The van der Waals surface area contributed by atoms with Gasteiger partial charge in [0, 0.05) is 35.8 Å². The molecule has 0 spiro atoms. The second kappa shape index (κ2) is 8.99. The van der Waals surface area contributed by atoms with Gasteiger partial charge in [0.25, 0.3) is 0 Å². The normalized spacial score (nSPS) is 16.5. The summed E-state index contributed by atoms with van der Waals surface area (Å²) in [5.74, 6) is 0. The van der Waals surface area contributed by atoms with Crippen LogP contribution in [0.25, 0.3) is 0 Å². The Kier molecular flexibility index (Phi) is 6.20. The van der Waals surface area contributed by atoms with E-state index < -0.39 is 0 Å². The summed E-state index contributed by atoms with van der Waals surface area (Å²) in [5.41, 5.74) is 4.66. The molecule has 1 aromatic heterocycles. The fraction of sp³-hybridized carbons (Fsp3) is 0.261. The Morgan fingerprint density at radius 3 is 2.68 bits per heavy atom. The first-order valence-electron chi connectivity index (χ1n) is 9.51. The molecule has 0 aliphatic carbocycles. The van der Waals surface area contributed by atoms with Crippen molar-refractivity contribution in [3.05, 3.63) is 88.6 Å². The number of aliphatic hydroxyl groups is 1. The van der Waals surface area contributed by atoms with Gasteiger partial charge in [-0.1, -0.05) is 54.1 Å². The Morgan fingerprint density at radius 1 is 1.07 bits per heavy atom. The predicted octanol–water partition coefficient (Wildman–Crippen LogP) is 5.19. The van der Waals surface area contributed by atoms with E-state index in [0.717, 1.165) is 42.2 Å². The summed E-state index contributed by atoms with van der Waals surface area (Å²) < 4.78 is 0. The summed E-state index contributed by atoms with van der Waals surface area (Å²) in [6.07, 6.45) is 3.69. The van der Waals surface area contributed by atoms with Crippen molar-refractivity contribution in [1.82, 2.24) is 4.98 Å². The fourth-order valence-corrected chi connectivity index (χ4v) is 4.85. The third kappa shape index (κ3) is 4.69. The number of anilines is 1. The van der Waals surface area contributed by atoms with Crippen molar-refractivity contribution < 1.29 is 5.11 Å². The van der Waals surface area contributed by atoms with Crippen molar-refractivity contribution in [1.29, 1.82) is 0 Å². The number of aromatic nitrogens is 1. The SMILES string of the molecule is OCc1cc(Cc2ccccc2)ccc1N1CC[C@H](Sc2ccc(Cl)cn2)C1. The molecule has 0 unspecified atom stereocenters. The van der Waals surface area contributed by atoms with Crippen molar-refractivity contribution in [2.75, 3.05) is 18.0 Å². The molecule has 4 rings (SSSR count). The fourth-order valence-electron chi connectivity index (χ4n) is 3.66. The lowest BCUT2D eigenvalue weighted by molar-refractivity contribution is 0.282. The molecule has 1 fully saturated rings. The molecule has 1 aliphatic heterocycles. The molecule has 0 bridgehead atoms. The summed E-state index contributed by atoms with van der Waals surface area (Å²) in [7, 11) is 0. The zero-order valence-corrected chi connectivity index (χ0v) is 17.2. The highest BCUT2D eigenvalue weighted by Crippen LogP contribution is 2.33. The maximum Gasteiger partial charge on any atom is 0.0964 e. The van der Waals surface area contributed by atoms with Crippen LogP contribution in [0.4, 0.5) is 5.69 Å². The number of benzene rings is 2. The van der Waals surface area contributed by atoms with E-state index >= 15 is 0 Å². The van der Waals surface area contributed by atoms with Gasteiger partial charge in [0.2, 0.25) is 0 Å². The van der Waals surface area contributed by atoms with Gasteiger partial charge in [-0.05, 0) is 42.2 Å². The first-order valence-corrected chi connectivity index (χ1v) is 10.8. The van der Waals surface area contributed by atoms with Crippen LogP contribution < -0.4 is 4.90 Å². The van der Waals surface area contributed by atoms with Gasteiger partial charge in [-0.25, -0.2) is 4.98 Å². The molecule has 5 heteroatoms. The highest BCUT2D eigenvalue weighted by atomic mass is 35.5. The maximum atomic E-state index is 9.94. The largest absolute Gasteiger partial charge is 0.392 e. The minimum Gasteiger partial charge on any atom is -0.392 e. The van der Waals surface area contributed by atoms with Crippen LogP contribution >= 0.6 is 23.4 Å². The predicted molar refractivity (Wildman–Crippen MR) is 117 cm³/mol. The lowest BCUT2D eigenvalue weighted by atomic mass is 10.0. The molecule has 1 saturated heterocycles. The number of hydrogen-bond donors (Lipinski definition) is 1. The van der Waals surface area contributed by atoms with Crippen LogP contribution in [0.2, 0.25) is 5.02 Å². The van der Waals surface area contributed by atoms with E-state index in [1.807, 2.05) is 18.2 Å². The minimum absolute atomic E-state index is 0.0605. The molecule has 0 saturated carbocycles. The molecule has 3 nitrogen and oxygen atoms in total. The number of hydrogen-bond acceptors (Lipinski definition) is 4. The average molecular weight is 411 g/mol. The van der Waals surface area contributed by atoms with Crippen LogP contribution in [0.3, 0.4) is 0 Å². The minimum atomic E-state index is 0.0605. The number of halogens is 1. The highest BCUT2D eigenvalue weighted by Gasteiger charge is 2.25. The summed E-state index contributed by atoms with van der Waals surface area (Å²) in [6.45, 7) is 2.02. The molecule has 28 heavy (non-hydrogen) atoms. The first kappa shape index (κ1) is 19.3. The van der Waals surface area contributed by atoms with Gasteiger partial charge < -0.3 is 10.0 Å². The standard InChI is InChI=1S/C23H23ClN2OS/c24-20-7-9-23(25-14-20)28-21-10-11-26(15-21)22-8-6-18(13-19(22)16-27)12-17-4-2-1-3-5-17/h1-9,13-14,21,27H,10-12,15-16H2/t21-/m0/s1. The van der Waals surface area contributed by atoms with Gasteiger partial charge in [-0.2, -0.15) is 0 Å². The molecule has 1 atom stereocenters. The topological polar surface area (TPSA) is 36.4 Å². The van der Waals surface area contributed by atoms with Crippen molar-refractivity contribution in [3.8, 4) is 0 Å². The van der Waals surface area contributed by atoms with Gasteiger partial charge in [-0.15, -0.1) is 11.8 Å². The molecule has 0 radical (unpaired) electrons. The Hall–Kier alpha value is -2.01. The highest BCUT2D eigenvalue weighted by molar-refractivity contribution is 7.99. The van der Waals surface area contributed by atoms with Gasteiger partial charge in [0.05, 0.1) is 16.7 Å². The van der Waals surface area contributed by atoms with E-state index in [1.165, 1.54) is 11.1 Å². The molecular weight excluding hydrogens is 388 g/mol. The van der Waals surface area contributed by atoms with Crippen LogP contribution in [-0.4, -0.2) is 28.4 Å². The Labute approximate surface area is 175 Å². The third-order valence-corrected chi connectivity index (χ3v) is 6.46. The molecule has 0 amide bonds. The van der Waals surface area contributed by atoms with E-state index in [-0.39, 0.29) is 6.61 Å². The van der Waals surface area contributed by atoms with Crippen LogP contribution in [-0.2, 0) is 13.0 Å². The Bertz CT molecular complexity index is 918. The number of rotatable bonds is 6. The molecule has 144 valence electrons. The zero-order chi connectivity index (χ0) is 19.3. The quantitative estimate of drug-likeness (QED) is 0.606. The molecule has 2 aromatic carbocycles. The van der Waals surface area contributed by atoms with Crippen LogP contribution in [0.1, 0.15) is 23.1 Å². The molecule has 1 N–H and O–H groups in total. The summed E-state index contributed by atoms with van der Waals surface area (Å²) in [5, 5.41) is 12.1. The average Bonchev–Trinajstić information content (AvgIpc) is 3.18. The summed E-state index contributed by atoms with van der Waals surface area (Å²) in [6, 6.07) is 20.8. The monoisotopic (exact) mass is 410 g/mol. The van der Waals surface area contributed by atoms with E-state index in [1.54, 1.807) is 18.0 Å². The Balaban J connectivity index is 1.44. The molecule has 3 aromatic rings. The lowest BCUT2D eigenvalue weighted by Crippen LogP contribution is -2.21. The lowest BCUT2D eigenvalue weighted by Gasteiger charge is -2.22. The van der Waals surface area contributed by atoms with E-state index in [4.69, 9.17) is 11.6 Å². The van der Waals surface area contributed by atoms with Crippen molar-refractivity contribution >= 4 is 29.1 Å². The smallest absolute Gasteiger partial charge is 0.0964 e. The van der Waals surface area contributed by atoms with Crippen molar-refractivity contribution in [2.45, 2.75) is 29.7 Å². The summed E-state index contributed by atoms with van der Waals surface area (Å²) in [4.78, 5) is 6.78. The Morgan fingerprint density at radius 2 is 1.93 bits per heavy atom. The summed E-state index contributed by atoms with van der Waals surface area (Å²) >= 11 is 7.73. The molecule has 1 aliphatic rings. The van der Waals surface area contributed by atoms with Gasteiger partial charge >= 0.3 is 0 Å². The molecular formula is C23H23ClN2OS. The number of pyridine rings is 1. The maximum absolute atomic E-state index is 9.94.